The second-order valence-corrected chi connectivity index (χ2v) is 3.00. The molecule has 15 heavy (non-hydrogen) atoms. The molecular formula is C8H15F3N2O2. The van der Waals surface area contributed by atoms with Crippen LogP contribution >= 0.6 is 0 Å². The number of halogens is 3. The van der Waals surface area contributed by atoms with Gasteiger partial charge in [0.15, 0.2) is 0 Å². The molecule has 0 unspecified atom stereocenters. The Hall–Kier alpha value is -0.820. The zero-order valence-corrected chi connectivity index (χ0v) is 8.27. The molecule has 7 heteroatoms. The first-order chi connectivity index (χ1) is 6.95. The highest BCUT2D eigenvalue weighted by Crippen LogP contribution is 2.18. The Morgan fingerprint density at radius 1 is 1.27 bits per heavy atom. The average Bonchev–Trinajstić information content (AvgIpc) is 2.14. The summed E-state index contributed by atoms with van der Waals surface area (Å²) in [5.41, 5.74) is 1.96. The Labute approximate surface area is 85.9 Å². The molecule has 0 saturated heterocycles. The van der Waals surface area contributed by atoms with E-state index >= 15 is 0 Å². The van der Waals surface area contributed by atoms with E-state index in [4.69, 9.17) is 10.6 Å². The maximum Gasteiger partial charge on any atom is 0.391 e. The maximum atomic E-state index is 11.6. The maximum absolute atomic E-state index is 11.6. The molecule has 0 rings (SSSR count). The number of carbonyl (C=O) groups excluding carboxylic acids is 1. The fourth-order valence-corrected chi connectivity index (χ4v) is 0.852. The van der Waals surface area contributed by atoms with Crippen LogP contribution in [-0.2, 0) is 9.53 Å². The van der Waals surface area contributed by atoms with E-state index in [0.717, 1.165) is 0 Å². The molecule has 0 radical (unpaired) electrons. The molecule has 0 aromatic carbocycles. The number of alkyl halides is 3. The summed E-state index contributed by atoms with van der Waals surface area (Å²) in [6.07, 6.45) is -3.74. The number of hydrogen-bond acceptors (Lipinski definition) is 3. The quantitative estimate of drug-likeness (QED) is 0.297. The van der Waals surface area contributed by atoms with Crippen LogP contribution in [0.1, 0.15) is 25.7 Å². The number of carbonyl (C=O) groups is 1. The molecule has 3 N–H and O–H groups in total. The summed E-state index contributed by atoms with van der Waals surface area (Å²) in [5, 5.41) is 0. The van der Waals surface area contributed by atoms with Gasteiger partial charge in [0, 0.05) is 13.0 Å². The third-order valence-electron chi connectivity index (χ3n) is 1.63. The highest BCUT2D eigenvalue weighted by Gasteiger charge is 2.26. The van der Waals surface area contributed by atoms with Crippen molar-refractivity contribution in [3.05, 3.63) is 0 Å². The van der Waals surface area contributed by atoms with Gasteiger partial charge in [-0.2, -0.15) is 13.2 Å². The van der Waals surface area contributed by atoms with E-state index in [1.165, 1.54) is 0 Å². The van der Waals surface area contributed by atoms with Gasteiger partial charge in [0.05, 0.1) is 13.0 Å². The predicted molar refractivity (Wildman–Crippen MR) is 47.7 cm³/mol. The van der Waals surface area contributed by atoms with Crippen molar-refractivity contribution in [2.75, 3.05) is 13.2 Å². The van der Waals surface area contributed by atoms with Gasteiger partial charge in [-0.3, -0.25) is 10.2 Å². The largest absolute Gasteiger partial charge is 0.391 e. The monoisotopic (exact) mass is 228 g/mol. The summed E-state index contributed by atoms with van der Waals surface area (Å²) >= 11 is 0. The van der Waals surface area contributed by atoms with E-state index in [9.17, 15) is 18.0 Å². The van der Waals surface area contributed by atoms with Crippen LogP contribution in [0.15, 0.2) is 0 Å². The Kier molecular flexibility index (Phi) is 7.06. The lowest BCUT2D eigenvalue weighted by Crippen LogP contribution is -2.29. The lowest BCUT2D eigenvalue weighted by Gasteiger charge is -2.06. The van der Waals surface area contributed by atoms with E-state index in [1.54, 1.807) is 0 Å². The fourth-order valence-electron chi connectivity index (χ4n) is 0.852. The van der Waals surface area contributed by atoms with Crippen LogP contribution in [0.25, 0.3) is 0 Å². The first-order valence-electron chi connectivity index (χ1n) is 4.59. The van der Waals surface area contributed by atoms with Crippen molar-refractivity contribution in [3.8, 4) is 0 Å². The molecule has 0 aromatic heterocycles. The van der Waals surface area contributed by atoms with Crippen LogP contribution in [0.5, 0.6) is 0 Å². The summed E-state index contributed by atoms with van der Waals surface area (Å²) in [5.74, 6) is 4.54. The number of hydrogen-bond donors (Lipinski definition) is 2. The molecule has 0 aliphatic heterocycles. The highest BCUT2D eigenvalue weighted by atomic mass is 19.4. The number of hydrazine groups is 1. The number of rotatable bonds is 7. The van der Waals surface area contributed by atoms with Crippen molar-refractivity contribution in [2.24, 2.45) is 5.84 Å². The summed E-state index contributed by atoms with van der Waals surface area (Å²) < 4.78 is 39.6. The zero-order valence-electron chi connectivity index (χ0n) is 8.27. The van der Waals surface area contributed by atoms with Crippen molar-refractivity contribution < 1.29 is 22.7 Å². The van der Waals surface area contributed by atoms with Gasteiger partial charge in [-0.1, -0.05) is 0 Å². The number of unbranched alkanes of at least 4 members (excludes halogenated alkanes) is 1. The molecule has 90 valence electrons. The fraction of sp³-hybridized carbons (Fsp3) is 0.875. The van der Waals surface area contributed by atoms with Crippen LogP contribution in [0, 0.1) is 0 Å². The minimum absolute atomic E-state index is 0.230. The van der Waals surface area contributed by atoms with Gasteiger partial charge in [-0.25, -0.2) is 5.84 Å². The van der Waals surface area contributed by atoms with Gasteiger partial charge < -0.3 is 4.74 Å². The Morgan fingerprint density at radius 3 is 2.47 bits per heavy atom. The first-order valence-corrected chi connectivity index (χ1v) is 4.59. The second kappa shape index (κ2) is 7.47. The summed E-state index contributed by atoms with van der Waals surface area (Å²) in [7, 11) is 0. The summed E-state index contributed by atoms with van der Waals surface area (Å²) in [6.45, 7) is -0.0967. The summed E-state index contributed by atoms with van der Waals surface area (Å²) in [6, 6.07) is 0. The second-order valence-electron chi connectivity index (χ2n) is 3.00. The van der Waals surface area contributed by atoms with Gasteiger partial charge in [0.2, 0.25) is 5.91 Å². The standard InChI is InChI=1S/C8H15F3N2O2/c9-8(10,11)4-6-15-5-2-1-3-7(14)13-12/h1-6,12H2,(H,13,14). The highest BCUT2D eigenvalue weighted by molar-refractivity contribution is 5.74. The lowest BCUT2D eigenvalue weighted by molar-refractivity contribution is -0.145. The number of nitrogens with one attached hydrogen (secondary N) is 1. The van der Waals surface area contributed by atoms with Gasteiger partial charge >= 0.3 is 6.18 Å². The van der Waals surface area contributed by atoms with Crippen LogP contribution in [0.4, 0.5) is 13.2 Å². The summed E-state index contributed by atoms with van der Waals surface area (Å²) in [4.78, 5) is 10.6. The van der Waals surface area contributed by atoms with Crippen LogP contribution in [0.3, 0.4) is 0 Å². The van der Waals surface area contributed by atoms with Gasteiger partial charge in [-0.05, 0) is 12.8 Å². The molecular weight excluding hydrogens is 213 g/mol. The third kappa shape index (κ3) is 11.1. The van der Waals surface area contributed by atoms with Crippen LogP contribution in [0.2, 0.25) is 0 Å². The van der Waals surface area contributed by atoms with E-state index in [2.05, 4.69) is 0 Å². The van der Waals surface area contributed by atoms with Crippen molar-refractivity contribution >= 4 is 5.91 Å². The topological polar surface area (TPSA) is 64.3 Å². The molecule has 0 spiro atoms. The van der Waals surface area contributed by atoms with E-state index in [0.29, 0.717) is 12.8 Å². The molecule has 0 aromatic rings. The average molecular weight is 228 g/mol. The smallest absolute Gasteiger partial charge is 0.381 e. The molecule has 0 atom stereocenters. The van der Waals surface area contributed by atoms with E-state index < -0.39 is 12.6 Å². The molecule has 1 amide bonds. The minimum Gasteiger partial charge on any atom is -0.381 e. The van der Waals surface area contributed by atoms with E-state index in [-0.39, 0.29) is 25.5 Å². The van der Waals surface area contributed by atoms with Crippen molar-refractivity contribution in [2.45, 2.75) is 31.9 Å². The molecule has 0 fully saturated rings. The molecule has 0 heterocycles. The molecule has 4 nitrogen and oxygen atoms in total. The minimum atomic E-state index is -4.17. The van der Waals surface area contributed by atoms with Crippen LogP contribution < -0.4 is 11.3 Å². The van der Waals surface area contributed by atoms with Crippen LogP contribution in [-0.4, -0.2) is 25.3 Å². The third-order valence-corrected chi connectivity index (χ3v) is 1.63. The normalized spacial score (nSPS) is 11.5. The predicted octanol–water partition coefficient (Wildman–Crippen LogP) is 1.12. The number of amides is 1. The van der Waals surface area contributed by atoms with Gasteiger partial charge in [0.1, 0.15) is 0 Å². The lowest BCUT2D eigenvalue weighted by atomic mass is 10.2. The first kappa shape index (κ1) is 14.2. The molecule has 0 aliphatic carbocycles. The van der Waals surface area contributed by atoms with Crippen molar-refractivity contribution in [3.63, 3.8) is 0 Å². The number of nitrogens with two attached hydrogens (primary N) is 1. The van der Waals surface area contributed by atoms with Gasteiger partial charge in [-0.15, -0.1) is 0 Å². The van der Waals surface area contributed by atoms with Gasteiger partial charge in [0.25, 0.3) is 0 Å². The van der Waals surface area contributed by atoms with Crippen molar-refractivity contribution in [1.29, 1.82) is 0 Å². The Morgan fingerprint density at radius 2 is 1.93 bits per heavy atom. The SMILES string of the molecule is NNC(=O)CCCCOCCC(F)(F)F. The zero-order chi connectivity index (χ0) is 11.7. The molecule has 0 bridgehead atoms. The Balaban J connectivity index is 3.16. The number of ether oxygens (including phenoxy) is 1. The van der Waals surface area contributed by atoms with Crippen molar-refractivity contribution in [1.82, 2.24) is 5.43 Å². The molecule has 0 aliphatic rings. The Bertz CT molecular complexity index is 185. The molecule has 0 saturated carbocycles. The van der Waals surface area contributed by atoms with E-state index in [1.807, 2.05) is 5.43 Å².